The van der Waals surface area contributed by atoms with Crippen molar-refractivity contribution in [1.29, 1.82) is 0 Å². The first-order valence-electron chi connectivity index (χ1n) is 6.87. The number of hydrogen-bond donors (Lipinski definition) is 1. The SMILES string of the molecule is CCN(CCCc1cccc(N)c1)Cc1cccs1. The molecule has 0 amide bonds. The van der Waals surface area contributed by atoms with Crippen LogP contribution in [0.15, 0.2) is 41.8 Å². The Kier molecular flexibility index (Phi) is 5.43. The Morgan fingerprint density at radius 2 is 2.11 bits per heavy atom. The molecule has 2 rings (SSSR count). The molecule has 0 aliphatic rings. The van der Waals surface area contributed by atoms with Gasteiger partial charge in [-0.15, -0.1) is 11.3 Å². The normalized spacial score (nSPS) is 11.1. The fourth-order valence-corrected chi connectivity index (χ4v) is 2.97. The zero-order valence-electron chi connectivity index (χ0n) is 11.5. The van der Waals surface area contributed by atoms with Crippen LogP contribution in [0.25, 0.3) is 0 Å². The van der Waals surface area contributed by atoms with Crippen LogP contribution in [0.1, 0.15) is 23.8 Å². The van der Waals surface area contributed by atoms with E-state index in [1.165, 1.54) is 16.9 Å². The molecule has 1 heterocycles. The minimum Gasteiger partial charge on any atom is -0.399 e. The highest BCUT2D eigenvalue weighted by molar-refractivity contribution is 7.09. The zero-order chi connectivity index (χ0) is 13.5. The third-order valence-corrected chi connectivity index (χ3v) is 4.16. The molecule has 2 aromatic rings. The molecule has 0 aliphatic heterocycles. The second kappa shape index (κ2) is 7.31. The van der Waals surface area contributed by atoms with Crippen LogP contribution >= 0.6 is 11.3 Å². The number of thiophene rings is 1. The number of nitrogen functional groups attached to an aromatic ring is 1. The molecule has 2 nitrogen and oxygen atoms in total. The van der Waals surface area contributed by atoms with Gasteiger partial charge in [-0.1, -0.05) is 25.1 Å². The van der Waals surface area contributed by atoms with E-state index in [-0.39, 0.29) is 0 Å². The summed E-state index contributed by atoms with van der Waals surface area (Å²) in [5.74, 6) is 0. The van der Waals surface area contributed by atoms with E-state index in [1.54, 1.807) is 0 Å². The topological polar surface area (TPSA) is 29.3 Å². The van der Waals surface area contributed by atoms with E-state index in [4.69, 9.17) is 5.73 Å². The lowest BCUT2D eigenvalue weighted by Crippen LogP contribution is -2.23. The van der Waals surface area contributed by atoms with Gasteiger partial charge in [0.2, 0.25) is 0 Å². The van der Waals surface area contributed by atoms with Gasteiger partial charge in [0.1, 0.15) is 0 Å². The average Bonchev–Trinajstić information content (AvgIpc) is 2.90. The first-order chi connectivity index (χ1) is 9.28. The summed E-state index contributed by atoms with van der Waals surface area (Å²) in [4.78, 5) is 3.95. The highest BCUT2D eigenvalue weighted by Crippen LogP contribution is 2.13. The Morgan fingerprint density at radius 1 is 1.21 bits per heavy atom. The van der Waals surface area contributed by atoms with Crippen molar-refractivity contribution in [2.75, 3.05) is 18.8 Å². The molecular weight excluding hydrogens is 252 g/mol. The zero-order valence-corrected chi connectivity index (χ0v) is 12.3. The third-order valence-electron chi connectivity index (χ3n) is 3.30. The van der Waals surface area contributed by atoms with Gasteiger partial charge in [-0.25, -0.2) is 0 Å². The summed E-state index contributed by atoms with van der Waals surface area (Å²) in [7, 11) is 0. The summed E-state index contributed by atoms with van der Waals surface area (Å²) in [6, 6.07) is 12.6. The van der Waals surface area contributed by atoms with Gasteiger partial charge in [0, 0.05) is 17.1 Å². The molecular formula is C16H22N2S. The van der Waals surface area contributed by atoms with Gasteiger partial charge >= 0.3 is 0 Å². The summed E-state index contributed by atoms with van der Waals surface area (Å²) in [6.07, 6.45) is 2.29. The fraction of sp³-hybridized carbons (Fsp3) is 0.375. The summed E-state index contributed by atoms with van der Waals surface area (Å²) in [5.41, 5.74) is 8.00. The number of nitrogens with two attached hydrogens (primary N) is 1. The molecule has 0 spiro atoms. The Hall–Kier alpha value is -1.32. The van der Waals surface area contributed by atoms with Crippen LogP contribution in [-0.4, -0.2) is 18.0 Å². The smallest absolute Gasteiger partial charge is 0.0327 e. The highest BCUT2D eigenvalue weighted by atomic mass is 32.1. The second-order valence-electron chi connectivity index (χ2n) is 4.80. The highest BCUT2D eigenvalue weighted by Gasteiger charge is 2.04. The van der Waals surface area contributed by atoms with Crippen LogP contribution in [-0.2, 0) is 13.0 Å². The molecule has 0 aliphatic carbocycles. The van der Waals surface area contributed by atoms with Gasteiger partial charge in [-0.2, -0.15) is 0 Å². The van der Waals surface area contributed by atoms with E-state index in [9.17, 15) is 0 Å². The molecule has 0 fully saturated rings. The molecule has 0 saturated carbocycles. The standard InChI is InChI=1S/C16H22N2S/c1-2-18(13-16-9-5-11-19-16)10-4-7-14-6-3-8-15(17)12-14/h3,5-6,8-9,11-12H,2,4,7,10,13,17H2,1H3. The third kappa shape index (κ3) is 4.69. The molecule has 0 atom stereocenters. The summed E-state index contributed by atoms with van der Waals surface area (Å²) >= 11 is 1.84. The lowest BCUT2D eigenvalue weighted by atomic mass is 10.1. The maximum atomic E-state index is 5.80. The molecule has 0 radical (unpaired) electrons. The molecule has 0 bridgehead atoms. The van der Waals surface area contributed by atoms with Gasteiger partial charge < -0.3 is 5.73 Å². The molecule has 1 aromatic carbocycles. The summed E-state index contributed by atoms with van der Waals surface area (Å²) < 4.78 is 0. The first-order valence-corrected chi connectivity index (χ1v) is 7.75. The van der Waals surface area contributed by atoms with Gasteiger partial charge in [-0.3, -0.25) is 4.90 Å². The largest absolute Gasteiger partial charge is 0.399 e. The lowest BCUT2D eigenvalue weighted by Gasteiger charge is -2.19. The first kappa shape index (κ1) is 14.1. The van der Waals surface area contributed by atoms with Crippen molar-refractivity contribution in [2.24, 2.45) is 0 Å². The van der Waals surface area contributed by atoms with E-state index in [2.05, 4.69) is 41.5 Å². The predicted molar refractivity (Wildman–Crippen MR) is 84.4 cm³/mol. The molecule has 19 heavy (non-hydrogen) atoms. The van der Waals surface area contributed by atoms with Crippen LogP contribution in [0.3, 0.4) is 0 Å². The molecule has 102 valence electrons. The number of rotatable bonds is 7. The van der Waals surface area contributed by atoms with E-state index in [0.717, 1.165) is 31.7 Å². The van der Waals surface area contributed by atoms with Crippen LogP contribution in [0.4, 0.5) is 5.69 Å². The number of hydrogen-bond acceptors (Lipinski definition) is 3. The Balaban J connectivity index is 1.77. The molecule has 0 saturated heterocycles. The maximum Gasteiger partial charge on any atom is 0.0327 e. The predicted octanol–water partition coefficient (Wildman–Crippen LogP) is 3.79. The van der Waals surface area contributed by atoms with Crippen molar-refractivity contribution in [1.82, 2.24) is 4.90 Å². The molecule has 3 heteroatoms. The summed E-state index contributed by atoms with van der Waals surface area (Å²) in [6.45, 7) is 5.55. The quantitative estimate of drug-likeness (QED) is 0.778. The van der Waals surface area contributed by atoms with Crippen LogP contribution in [0, 0.1) is 0 Å². The van der Waals surface area contributed by atoms with E-state index in [0.29, 0.717) is 0 Å². The average molecular weight is 274 g/mol. The molecule has 0 unspecified atom stereocenters. The lowest BCUT2D eigenvalue weighted by molar-refractivity contribution is 0.279. The summed E-state index contributed by atoms with van der Waals surface area (Å²) in [5, 5.41) is 2.15. The molecule has 2 N–H and O–H groups in total. The number of aryl methyl sites for hydroxylation is 1. The van der Waals surface area contributed by atoms with Gasteiger partial charge in [0.25, 0.3) is 0 Å². The number of anilines is 1. The van der Waals surface area contributed by atoms with Crippen LogP contribution < -0.4 is 5.73 Å². The van der Waals surface area contributed by atoms with Crippen molar-refractivity contribution < 1.29 is 0 Å². The minimum atomic E-state index is 0.864. The van der Waals surface area contributed by atoms with E-state index >= 15 is 0 Å². The Labute approximate surface area is 119 Å². The fourth-order valence-electron chi connectivity index (χ4n) is 2.23. The van der Waals surface area contributed by atoms with Crippen LogP contribution in [0.2, 0.25) is 0 Å². The Morgan fingerprint density at radius 3 is 2.79 bits per heavy atom. The van der Waals surface area contributed by atoms with Crippen molar-refractivity contribution in [3.05, 3.63) is 52.2 Å². The number of nitrogens with zero attached hydrogens (tertiary/aromatic N) is 1. The van der Waals surface area contributed by atoms with Crippen molar-refractivity contribution in [3.63, 3.8) is 0 Å². The van der Waals surface area contributed by atoms with Gasteiger partial charge in [0.05, 0.1) is 0 Å². The van der Waals surface area contributed by atoms with E-state index in [1.807, 2.05) is 23.5 Å². The number of benzene rings is 1. The van der Waals surface area contributed by atoms with Crippen LogP contribution in [0.5, 0.6) is 0 Å². The second-order valence-corrected chi connectivity index (χ2v) is 5.83. The van der Waals surface area contributed by atoms with Crippen molar-refractivity contribution in [2.45, 2.75) is 26.3 Å². The van der Waals surface area contributed by atoms with Gasteiger partial charge in [0.15, 0.2) is 0 Å². The van der Waals surface area contributed by atoms with Crippen molar-refractivity contribution in [3.8, 4) is 0 Å². The minimum absolute atomic E-state index is 0.864. The van der Waals surface area contributed by atoms with Gasteiger partial charge in [-0.05, 0) is 55.1 Å². The van der Waals surface area contributed by atoms with Crippen molar-refractivity contribution >= 4 is 17.0 Å². The molecule has 1 aromatic heterocycles. The monoisotopic (exact) mass is 274 g/mol. The Bertz CT molecular complexity index is 479. The maximum absolute atomic E-state index is 5.80. The van der Waals surface area contributed by atoms with E-state index < -0.39 is 0 Å².